The van der Waals surface area contributed by atoms with Crippen molar-refractivity contribution in [2.45, 2.75) is 43.0 Å². The second kappa shape index (κ2) is 5.49. The van der Waals surface area contributed by atoms with Crippen LogP contribution in [0.5, 0.6) is 0 Å². The number of fused-ring (bicyclic) bond motifs is 3. The summed E-state index contributed by atoms with van der Waals surface area (Å²) in [6.45, 7) is 2.02. The molecule has 3 heterocycles. The van der Waals surface area contributed by atoms with Gasteiger partial charge in [0.2, 0.25) is 15.9 Å². The van der Waals surface area contributed by atoms with Crippen molar-refractivity contribution in [2.24, 2.45) is 0 Å². The molecule has 2 fully saturated rings. The largest absolute Gasteiger partial charge is 0.358 e. The number of piperidine rings is 1. The number of sulfonamides is 1. The van der Waals surface area contributed by atoms with Crippen molar-refractivity contribution in [3.63, 3.8) is 0 Å². The summed E-state index contributed by atoms with van der Waals surface area (Å²) < 4.78 is 26.9. The highest BCUT2D eigenvalue weighted by Gasteiger charge is 2.36. The number of nitrogens with one attached hydrogen (secondary N) is 1. The van der Waals surface area contributed by atoms with Crippen LogP contribution in [0.4, 0.5) is 11.4 Å². The van der Waals surface area contributed by atoms with Crippen LogP contribution < -0.4 is 10.2 Å². The minimum atomic E-state index is -3.46. The Bertz CT molecular complexity index is 741. The molecule has 4 rings (SSSR count). The molecule has 0 unspecified atom stereocenters. The average molecular weight is 335 g/mol. The molecule has 6 nitrogen and oxygen atoms in total. The van der Waals surface area contributed by atoms with E-state index in [1.807, 2.05) is 6.07 Å². The maximum absolute atomic E-state index is 12.7. The molecule has 1 aromatic rings. The second-order valence-electron chi connectivity index (χ2n) is 6.48. The number of rotatable bonds is 2. The van der Waals surface area contributed by atoms with Crippen LogP contribution in [0.25, 0.3) is 0 Å². The molecule has 3 aliphatic rings. The van der Waals surface area contributed by atoms with E-state index < -0.39 is 10.0 Å². The molecule has 1 amide bonds. The van der Waals surface area contributed by atoms with E-state index in [-0.39, 0.29) is 16.8 Å². The zero-order valence-corrected chi connectivity index (χ0v) is 13.8. The van der Waals surface area contributed by atoms with E-state index in [0.717, 1.165) is 44.3 Å². The summed E-state index contributed by atoms with van der Waals surface area (Å²) in [7, 11) is -3.46. The molecule has 3 aliphatic heterocycles. The van der Waals surface area contributed by atoms with Crippen LogP contribution in [0.3, 0.4) is 0 Å². The fourth-order valence-electron chi connectivity index (χ4n) is 3.81. The molecule has 0 radical (unpaired) electrons. The topological polar surface area (TPSA) is 69.7 Å². The van der Waals surface area contributed by atoms with Gasteiger partial charge in [0.05, 0.1) is 16.3 Å². The number of carbonyl (C=O) groups is 1. The Morgan fingerprint density at radius 1 is 1.04 bits per heavy atom. The Morgan fingerprint density at radius 2 is 1.78 bits per heavy atom. The van der Waals surface area contributed by atoms with Gasteiger partial charge in [-0.3, -0.25) is 4.79 Å². The van der Waals surface area contributed by atoms with Gasteiger partial charge < -0.3 is 10.2 Å². The predicted molar refractivity (Wildman–Crippen MR) is 88.0 cm³/mol. The lowest BCUT2D eigenvalue weighted by molar-refractivity contribution is -0.118. The van der Waals surface area contributed by atoms with Gasteiger partial charge >= 0.3 is 0 Å². The molecule has 0 aromatic heterocycles. The molecule has 0 spiro atoms. The summed E-state index contributed by atoms with van der Waals surface area (Å²) in [6, 6.07) is 5.02. The van der Waals surface area contributed by atoms with Crippen molar-refractivity contribution in [3.8, 4) is 0 Å². The van der Waals surface area contributed by atoms with Gasteiger partial charge in [-0.15, -0.1) is 0 Å². The summed E-state index contributed by atoms with van der Waals surface area (Å²) in [5.41, 5.74) is 1.56. The second-order valence-corrected chi connectivity index (χ2v) is 8.42. The van der Waals surface area contributed by atoms with E-state index in [1.165, 1.54) is 4.31 Å². The quantitative estimate of drug-likeness (QED) is 0.894. The van der Waals surface area contributed by atoms with E-state index in [2.05, 4.69) is 10.2 Å². The maximum Gasteiger partial charge on any atom is 0.247 e. The van der Waals surface area contributed by atoms with Gasteiger partial charge in [-0.2, -0.15) is 4.31 Å². The third kappa shape index (κ3) is 2.42. The molecule has 23 heavy (non-hydrogen) atoms. The van der Waals surface area contributed by atoms with E-state index >= 15 is 0 Å². The lowest BCUT2D eigenvalue weighted by Gasteiger charge is -2.41. The number of hydrogen-bond acceptors (Lipinski definition) is 4. The summed E-state index contributed by atoms with van der Waals surface area (Å²) in [4.78, 5) is 14.7. The number of benzene rings is 1. The fraction of sp³-hybridized carbons (Fsp3) is 0.562. The van der Waals surface area contributed by atoms with Crippen molar-refractivity contribution >= 4 is 27.3 Å². The number of nitrogens with zero attached hydrogens (tertiary/aromatic N) is 2. The molecule has 1 N–H and O–H groups in total. The summed E-state index contributed by atoms with van der Waals surface area (Å²) in [6.07, 6.45) is 4.81. The van der Waals surface area contributed by atoms with E-state index in [0.29, 0.717) is 18.8 Å². The standard InChI is InChI=1S/C16H21N3O3S/c20-16-15-5-1-2-10-19(15)14-7-6-12(11-13(14)17-16)23(21,22)18-8-3-4-9-18/h6-7,11,15H,1-5,8-10H2,(H,17,20)/t15-/m1/s1. The van der Waals surface area contributed by atoms with Gasteiger partial charge in [0, 0.05) is 19.6 Å². The lowest BCUT2D eigenvalue weighted by atomic mass is 9.97. The third-order valence-electron chi connectivity index (χ3n) is 5.04. The number of amides is 1. The zero-order valence-electron chi connectivity index (χ0n) is 13.0. The van der Waals surface area contributed by atoms with Gasteiger partial charge in [0.15, 0.2) is 0 Å². The first-order valence-electron chi connectivity index (χ1n) is 8.29. The lowest BCUT2D eigenvalue weighted by Crippen LogP contribution is -2.50. The Labute approximate surface area is 136 Å². The Kier molecular flexibility index (Phi) is 3.57. The van der Waals surface area contributed by atoms with Crippen LogP contribution in [-0.2, 0) is 14.8 Å². The zero-order chi connectivity index (χ0) is 16.0. The Hall–Kier alpha value is -1.60. The molecule has 1 aromatic carbocycles. The normalized spacial score (nSPS) is 25.0. The average Bonchev–Trinajstić information content (AvgIpc) is 3.10. The predicted octanol–water partition coefficient (Wildman–Crippen LogP) is 1.78. The summed E-state index contributed by atoms with van der Waals surface area (Å²) in [5, 5.41) is 2.90. The van der Waals surface area contributed by atoms with Crippen LogP contribution in [-0.4, -0.2) is 44.3 Å². The number of carbonyl (C=O) groups excluding carboxylic acids is 1. The smallest absolute Gasteiger partial charge is 0.247 e. The van der Waals surface area contributed by atoms with Crippen molar-refractivity contribution in [1.82, 2.24) is 4.31 Å². The van der Waals surface area contributed by atoms with Gasteiger partial charge in [0.25, 0.3) is 0 Å². The molecule has 0 saturated carbocycles. The number of hydrogen-bond donors (Lipinski definition) is 1. The highest BCUT2D eigenvalue weighted by atomic mass is 32.2. The van der Waals surface area contributed by atoms with Crippen LogP contribution in [0.1, 0.15) is 32.1 Å². The van der Waals surface area contributed by atoms with Crippen molar-refractivity contribution in [1.29, 1.82) is 0 Å². The van der Waals surface area contributed by atoms with E-state index in [4.69, 9.17) is 0 Å². The van der Waals surface area contributed by atoms with Gasteiger partial charge in [-0.05, 0) is 50.3 Å². The van der Waals surface area contributed by atoms with E-state index in [1.54, 1.807) is 12.1 Å². The first kappa shape index (κ1) is 15.0. The molecular weight excluding hydrogens is 314 g/mol. The Morgan fingerprint density at radius 3 is 2.57 bits per heavy atom. The minimum Gasteiger partial charge on any atom is -0.358 e. The number of anilines is 2. The Balaban J connectivity index is 1.71. The SMILES string of the molecule is O=C1Nc2cc(S(=O)(=O)N3CCCC3)ccc2N2CCCC[C@H]12. The van der Waals surface area contributed by atoms with Crippen molar-refractivity contribution in [2.75, 3.05) is 29.9 Å². The third-order valence-corrected chi connectivity index (χ3v) is 6.94. The van der Waals surface area contributed by atoms with Crippen LogP contribution >= 0.6 is 0 Å². The minimum absolute atomic E-state index is 0.0204. The first-order chi connectivity index (χ1) is 11.1. The van der Waals surface area contributed by atoms with Crippen LogP contribution in [0, 0.1) is 0 Å². The highest BCUT2D eigenvalue weighted by molar-refractivity contribution is 7.89. The van der Waals surface area contributed by atoms with Crippen LogP contribution in [0.2, 0.25) is 0 Å². The molecule has 2 saturated heterocycles. The first-order valence-corrected chi connectivity index (χ1v) is 9.73. The monoisotopic (exact) mass is 335 g/mol. The molecule has 1 atom stereocenters. The molecular formula is C16H21N3O3S. The van der Waals surface area contributed by atoms with Crippen molar-refractivity contribution < 1.29 is 13.2 Å². The summed E-state index contributed by atoms with van der Waals surface area (Å²) in [5.74, 6) is -0.0204. The van der Waals surface area contributed by atoms with Gasteiger partial charge in [0.1, 0.15) is 6.04 Å². The summed E-state index contributed by atoms with van der Waals surface area (Å²) >= 11 is 0. The van der Waals surface area contributed by atoms with Gasteiger partial charge in [-0.1, -0.05) is 0 Å². The van der Waals surface area contributed by atoms with Crippen molar-refractivity contribution in [3.05, 3.63) is 18.2 Å². The molecule has 124 valence electrons. The van der Waals surface area contributed by atoms with E-state index in [9.17, 15) is 13.2 Å². The van der Waals surface area contributed by atoms with Gasteiger partial charge in [-0.25, -0.2) is 8.42 Å². The van der Waals surface area contributed by atoms with Crippen LogP contribution in [0.15, 0.2) is 23.1 Å². The highest BCUT2D eigenvalue weighted by Crippen LogP contribution is 2.37. The molecule has 7 heteroatoms. The maximum atomic E-state index is 12.7. The fourth-order valence-corrected chi connectivity index (χ4v) is 5.36. The molecule has 0 bridgehead atoms. The molecule has 0 aliphatic carbocycles.